The molecule has 0 unspecified atom stereocenters. The van der Waals surface area contributed by atoms with Crippen molar-refractivity contribution >= 4 is 5.82 Å². The van der Waals surface area contributed by atoms with Gasteiger partial charge in [0, 0.05) is 24.3 Å². The number of hydrogen-bond acceptors (Lipinski definition) is 3. The molecule has 0 bridgehead atoms. The van der Waals surface area contributed by atoms with E-state index >= 15 is 0 Å². The lowest BCUT2D eigenvalue weighted by molar-refractivity contribution is 0.624. The zero-order valence-corrected chi connectivity index (χ0v) is 11.6. The molecule has 1 aliphatic carbocycles. The third-order valence-electron chi connectivity index (χ3n) is 3.60. The molecule has 2 aromatic rings. The van der Waals surface area contributed by atoms with Gasteiger partial charge in [-0.1, -0.05) is 12.1 Å². The van der Waals surface area contributed by atoms with Crippen LogP contribution < -0.4 is 4.90 Å². The van der Waals surface area contributed by atoms with Crippen molar-refractivity contribution in [2.24, 2.45) is 0 Å². The fourth-order valence-corrected chi connectivity index (χ4v) is 2.41. The third kappa shape index (κ3) is 3.13. The largest absolute Gasteiger partial charge is 0.353 e. The van der Waals surface area contributed by atoms with Crippen LogP contribution >= 0.6 is 0 Å². The van der Waals surface area contributed by atoms with E-state index in [9.17, 15) is 4.39 Å². The molecule has 0 N–H and O–H groups in total. The summed E-state index contributed by atoms with van der Waals surface area (Å²) < 4.78 is 13.2. The molecule has 1 aromatic heterocycles. The van der Waals surface area contributed by atoms with E-state index in [4.69, 9.17) is 0 Å². The number of halogens is 1. The minimum absolute atomic E-state index is 0.168. The molecule has 1 fully saturated rings. The molecular weight excluding hydrogens is 253 g/mol. The van der Waals surface area contributed by atoms with Gasteiger partial charge < -0.3 is 4.90 Å². The fourth-order valence-electron chi connectivity index (χ4n) is 2.41. The Labute approximate surface area is 118 Å². The summed E-state index contributed by atoms with van der Waals surface area (Å²) in [5, 5.41) is 0. The molecule has 4 heteroatoms. The van der Waals surface area contributed by atoms with E-state index in [1.807, 2.05) is 19.1 Å². The Balaban J connectivity index is 1.72. The van der Waals surface area contributed by atoms with Gasteiger partial charge in [-0.05, 0) is 43.9 Å². The zero-order chi connectivity index (χ0) is 13.9. The van der Waals surface area contributed by atoms with Crippen LogP contribution in [0.15, 0.2) is 36.7 Å². The van der Waals surface area contributed by atoms with Crippen molar-refractivity contribution < 1.29 is 4.39 Å². The van der Waals surface area contributed by atoms with Crippen LogP contribution in [0.3, 0.4) is 0 Å². The van der Waals surface area contributed by atoms with Crippen molar-refractivity contribution in [3.63, 3.8) is 0 Å². The van der Waals surface area contributed by atoms with Crippen LogP contribution in [0.25, 0.3) is 0 Å². The summed E-state index contributed by atoms with van der Waals surface area (Å²) >= 11 is 0. The van der Waals surface area contributed by atoms with Crippen LogP contribution in [0.2, 0.25) is 0 Å². The monoisotopic (exact) mass is 271 g/mol. The maximum Gasteiger partial charge on any atom is 0.132 e. The lowest BCUT2D eigenvalue weighted by Gasteiger charge is -2.23. The van der Waals surface area contributed by atoms with Crippen LogP contribution in [0, 0.1) is 12.7 Å². The molecule has 1 heterocycles. The van der Waals surface area contributed by atoms with Gasteiger partial charge in [-0.25, -0.2) is 14.4 Å². The molecule has 0 spiro atoms. The summed E-state index contributed by atoms with van der Waals surface area (Å²) in [7, 11) is 0. The number of aromatic nitrogens is 2. The van der Waals surface area contributed by atoms with Crippen molar-refractivity contribution in [3.8, 4) is 0 Å². The van der Waals surface area contributed by atoms with E-state index in [-0.39, 0.29) is 5.82 Å². The van der Waals surface area contributed by atoms with E-state index in [1.165, 1.54) is 18.9 Å². The van der Waals surface area contributed by atoms with Crippen molar-refractivity contribution in [3.05, 3.63) is 53.7 Å². The Bertz CT molecular complexity index is 596. The predicted molar refractivity (Wildman–Crippen MR) is 77.2 cm³/mol. The topological polar surface area (TPSA) is 29.0 Å². The molecule has 104 valence electrons. The van der Waals surface area contributed by atoms with Crippen LogP contribution in [0.1, 0.15) is 24.1 Å². The molecule has 1 saturated carbocycles. The Kier molecular flexibility index (Phi) is 3.63. The first-order valence-electron chi connectivity index (χ1n) is 7.02. The summed E-state index contributed by atoms with van der Waals surface area (Å²) in [6.45, 7) is 2.84. The SMILES string of the molecule is Cc1cc(N(CCc2cccc(F)c2)C2CC2)ncn1. The highest BCUT2D eigenvalue weighted by Crippen LogP contribution is 2.30. The van der Waals surface area contributed by atoms with E-state index in [0.29, 0.717) is 6.04 Å². The summed E-state index contributed by atoms with van der Waals surface area (Å²) in [4.78, 5) is 10.8. The first-order chi connectivity index (χ1) is 9.72. The van der Waals surface area contributed by atoms with E-state index < -0.39 is 0 Å². The first kappa shape index (κ1) is 13.0. The van der Waals surface area contributed by atoms with Gasteiger partial charge in [0.1, 0.15) is 18.0 Å². The molecule has 3 nitrogen and oxygen atoms in total. The Morgan fingerprint density at radius 1 is 1.25 bits per heavy atom. The summed E-state index contributed by atoms with van der Waals surface area (Å²) in [6, 6.07) is 9.43. The second-order valence-electron chi connectivity index (χ2n) is 5.32. The number of rotatable bonds is 5. The van der Waals surface area contributed by atoms with Crippen LogP contribution in [-0.2, 0) is 6.42 Å². The number of nitrogens with zero attached hydrogens (tertiary/aromatic N) is 3. The van der Waals surface area contributed by atoms with Gasteiger partial charge >= 0.3 is 0 Å². The fraction of sp³-hybridized carbons (Fsp3) is 0.375. The molecule has 20 heavy (non-hydrogen) atoms. The highest BCUT2D eigenvalue weighted by atomic mass is 19.1. The standard InChI is InChI=1S/C16H18FN3/c1-12-9-16(19-11-18-12)20(15-5-6-15)8-7-13-3-2-4-14(17)10-13/h2-4,9-11,15H,5-8H2,1H3. The van der Waals surface area contributed by atoms with Gasteiger partial charge in [-0.3, -0.25) is 0 Å². The van der Waals surface area contributed by atoms with Crippen LogP contribution in [0.5, 0.6) is 0 Å². The second kappa shape index (κ2) is 5.57. The van der Waals surface area contributed by atoms with Gasteiger partial charge in [-0.15, -0.1) is 0 Å². The highest BCUT2D eigenvalue weighted by molar-refractivity contribution is 5.42. The minimum Gasteiger partial charge on any atom is -0.353 e. The summed E-state index contributed by atoms with van der Waals surface area (Å²) in [6.07, 6.45) is 4.87. The molecule has 0 aliphatic heterocycles. The van der Waals surface area contributed by atoms with Crippen LogP contribution in [0.4, 0.5) is 10.2 Å². The number of hydrogen-bond donors (Lipinski definition) is 0. The van der Waals surface area contributed by atoms with Crippen molar-refractivity contribution in [2.75, 3.05) is 11.4 Å². The Morgan fingerprint density at radius 3 is 2.80 bits per heavy atom. The van der Waals surface area contributed by atoms with Gasteiger partial charge in [0.25, 0.3) is 0 Å². The molecule has 0 atom stereocenters. The Hall–Kier alpha value is -1.97. The molecule has 1 aromatic carbocycles. The minimum atomic E-state index is -0.168. The van der Waals surface area contributed by atoms with Crippen molar-refractivity contribution in [1.29, 1.82) is 0 Å². The second-order valence-corrected chi connectivity index (χ2v) is 5.32. The molecule has 0 radical (unpaired) electrons. The molecule has 3 rings (SSSR count). The van der Waals surface area contributed by atoms with Crippen LogP contribution in [-0.4, -0.2) is 22.6 Å². The molecule has 0 amide bonds. The van der Waals surface area contributed by atoms with Gasteiger partial charge in [0.2, 0.25) is 0 Å². The number of anilines is 1. The summed E-state index contributed by atoms with van der Waals surface area (Å²) in [5.74, 6) is 0.815. The highest BCUT2D eigenvalue weighted by Gasteiger charge is 2.29. The smallest absolute Gasteiger partial charge is 0.132 e. The first-order valence-corrected chi connectivity index (χ1v) is 7.02. The summed E-state index contributed by atoms with van der Waals surface area (Å²) in [5.41, 5.74) is 2.01. The quantitative estimate of drug-likeness (QED) is 0.836. The average Bonchev–Trinajstić information content (AvgIpc) is 3.24. The van der Waals surface area contributed by atoms with Gasteiger partial charge in [0.05, 0.1) is 0 Å². The number of aryl methyl sites for hydroxylation is 1. The lowest BCUT2D eigenvalue weighted by atomic mass is 10.1. The van der Waals surface area contributed by atoms with Crippen molar-refractivity contribution in [1.82, 2.24) is 9.97 Å². The predicted octanol–water partition coefficient (Wildman–Crippen LogP) is 3.14. The number of benzene rings is 1. The Morgan fingerprint density at radius 2 is 2.10 bits per heavy atom. The van der Waals surface area contributed by atoms with Gasteiger partial charge in [0.15, 0.2) is 0 Å². The molecular formula is C16H18FN3. The van der Waals surface area contributed by atoms with E-state index in [1.54, 1.807) is 18.5 Å². The zero-order valence-electron chi connectivity index (χ0n) is 11.6. The normalized spacial score (nSPS) is 14.3. The molecule has 0 saturated heterocycles. The van der Waals surface area contributed by atoms with Crippen molar-refractivity contribution in [2.45, 2.75) is 32.2 Å². The van der Waals surface area contributed by atoms with E-state index in [2.05, 4.69) is 14.9 Å². The lowest BCUT2D eigenvalue weighted by Crippen LogP contribution is -2.29. The average molecular weight is 271 g/mol. The van der Waals surface area contributed by atoms with E-state index in [0.717, 1.165) is 30.0 Å². The maximum atomic E-state index is 13.2. The van der Waals surface area contributed by atoms with Gasteiger partial charge in [-0.2, -0.15) is 0 Å². The third-order valence-corrected chi connectivity index (χ3v) is 3.60. The maximum absolute atomic E-state index is 13.2. The molecule has 1 aliphatic rings.